The molecule has 0 radical (unpaired) electrons. The fourth-order valence-electron chi connectivity index (χ4n) is 6.51. The number of ketones is 1. The number of likely N-dealkylation sites (tertiary alicyclic amines) is 1. The van der Waals surface area contributed by atoms with Crippen LogP contribution in [-0.2, 0) is 16.6 Å². The van der Waals surface area contributed by atoms with Crippen molar-refractivity contribution in [3.05, 3.63) is 46.6 Å². The molecule has 1 unspecified atom stereocenters. The summed E-state index contributed by atoms with van der Waals surface area (Å²) in [6.07, 6.45) is 4.55. The molecule has 140 valence electrons. The standard InChI is InChI=1S/C22H23NO4/c1-20(2)9-12-13(10-20)22(26)15-8-11-4-5-14(24)18-16(11)21(22,6-7-23(15)3)19(27-18)17(12)25/h4-5,9-10,15,19,24,26H,6-8H2,1-3H3/t15?,19-,21-,22+/m0/s1. The summed E-state index contributed by atoms with van der Waals surface area (Å²) < 4.78 is 6.15. The number of likely N-dealkylation sites (N-methyl/N-ethyl adjacent to an activating group) is 1. The number of fused-ring (bicyclic) bond motifs is 1. The van der Waals surface area contributed by atoms with Crippen LogP contribution in [0.4, 0.5) is 0 Å². The van der Waals surface area contributed by atoms with Gasteiger partial charge in [-0.25, -0.2) is 0 Å². The average Bonchev–Trinajstić information content (AvgIpc) is 3.12. The molecule has 3 aliphatic carbocycles. The molecule has 5 heteroatoms. The molecule has 1 saturated heterocycles. The van der Waals surface area contributed by atoms with Crippen molar-refractivity contribution in [3.63, 3.8) is 0 Å². The van der Waals surface area contributed by atoms with Gasteiger partial charge in [0.2, 0.25) is 5.78 Å². The predicted octanol–water partition coefficient (Wildman–Crippen LogP) is 1.86. The zero-order valence-electron chi connectivity index (χ0n) is 15.7. The normalized spacial score (nSPS) is 40.1. The highest BCUT2D eigenvalue weighted by Crippen LogP contribution is 2.67. The van der Waals surface area contributed by atoms with Crippen molar-refractivity contribution in [2.45, 2.75) is 49.9 Å². The average molecular weight is 365 g/mol. The lowest BCUT2D eigenvalue weighted by atomic mass is 9.47. The maximum atomic E-state index is 13.5. The topological polar surface area (TPSA) is 70.0 Å². The minimum atomic E-state index is -1.20. The Balaban J connectivity index is 1.75. The molecule has 27 heavy (non-hydrogen) atoms. The molecule has 2 fully saturated rings. The van der Waals surface area contributed by atoms with Gasteiger partial charge in [-0.1, -0.05) is 32.1 Å². The SMILES string of the molecule is CN1CC[C@]23c4c5ccc(O)c4O[C@H]2C(=O)C2=CC(C)(C)C=C2[C@@]3(O)C1C5. The van der Waals surface area contributed by atoms with E-state index in [2.05, 4.69) is 24.8 Å². The van der Waals surface area contributed by atoms with E-state index in [9.17, 15) is 15.0 Å². The smallest absolute Gasteiger partial charge is 0.204 e. The number of hydrogen-bond acceptors (Lipinski definition) is 5. The Morgan fingerprint density at radius 1 is 1.26 bits per heavy atom. The highest BCUT2D eigenvalue weighted by atomic mass is 16.5. The summed E-state index contributed by atoms with van der Waals surface area (Å²) in [5.41, 5.74) is 0.980. The molecular formula is C22H23NO4. The predicted molar refractivity (Wildman–Crippen MR) is 98.8 cm³/mol. The summed E-state index contributed by atoms with van der Waals surface area (Å²) in [5, 5.41) is 22.9. The molecular weight excluding hydrogens is 342 g/mol. The zero-order chi connectivity index (χ0) is 18.9. The highest BCUT2D eigenvalue weighted by Gasteiger charge is 2.76. The van der Waals surface area contributed by atoms with Crippen molar-refractivity contribution in [1.29, 1.82) is 0 Å². The van der Waals surface area contributed by atoms with Gasteiger partial charge in [0.1, 0.15) is 5.60 Å². The summed E-state index contributed by atoms with van der Waals surface area (Å²) in [6, 6.07) is 3.45. The third-order valence-electron chi connectivity index (χ3n) is 7.56. The second kappa shape index (κ2) is 4.31. The Morgan fingerprint density at radius 3 is 2.81 bits per heavy atom. The lowest BCUT2D eigenvalue weighted by Crippen LogP contribution is -2.77. The first-order chi connectivity index (χ1) is 12.7. The van der Waals surface area contributed by atoms with Crippen LogP contribution in [0.2, 0.25) is 0 Å². The second-order valence-corrected chi connectivity index (χ2v) is 9.44. The van der Waals surface area contributed by atoms with Gasteiger partial charge in [0.15, 0.2) is 17.6 Å². The number of allylic oxidation sites excluding steroid dienone is 2. The molecule has 2 bridgehead atoms. The molecule has 5 aliphatic rings. The lowest BCUT2D eigenvalue weighted by Gasteiger charge is -2.62. The van der Waals surface area contributed by atoms with Crippen LogP contribution in [0.5, 0.6) is 11.5 Å². The van der Waals surface area contributed by atoms with E-state index < -0.39 is 17.1 Å². The number of hydrogen-bond donors (Lipinski definition) is 2. The Bertz CT molecular complexity index is 1010. The van der Waals surface area contributed by atoms with E-state index in [-0.39, 0.29) is 23.0 Å². The van der Waals surface area contributed by atoms with Crippen molar-refractivity contribution in [1.82, 2.24) is 4.90 Å². The van der Waals surface area contributed by atoms with Crippen LogP contribution in [0.15, 0.2) is 35.4 Å². The zero-order valence-corrected chi connectivity index (χ0v) is 15.7. The number of benzene rings is 1. The van der Waals surface area contributed by atoms with Crippen LogP contribution in [-0.4, -0.2) is 52.2 Å². The van der Waals surface area contributed by atoms with Crippen LogP contribution in [0.1, 0.15) is 31.4 Å². The molecule has 2 heterocycles. The quantitative estimate of drug-likeness (QED) is 0.734. The molecule has 1 saturated carbocycles. The van der Waals surface area contributed by atoms with E-state index in [1.54, 1.807) is 6.07 Å². The van der Waals surface area contributed by atoms with E-state index in [1.807, 2.05) is 19.2 Å². The van der Waals surface area contributed by atoms with Gasteiger partial charge >= 0.3 is 0 Å². The first-order valence-electron chi connectivity index (χ1n) is 9.66. The van der Waals surface area contributed by atoms with Gasteiger partial charge in [0, 0.05) is 22.6 Å². The molecule has 6 rings (SSSR count). The van der Waals surface area contributed by atoms with Crippen LogP contribution < -0.4 is 4.74 Å². The maximum Gasteiger partial charge on any atom is 0.204 e. The number of aromatic hydroxyl groups is 1. The highest BCUT2D eigenvalue weighted by molar-refractivity contribution is 6.09. The first kappa shape index (κ1) is 15.9. The maximum absolute atomic E-state index is 13.5. The van der Waals surface area contributed by atoms with Gasteiger partial charge in [0.05, 0.1) is 5.41 Å². The molecule has 0 aromatic heterocycles. The fraction of sp³-hybridized carbons (Fsp3) is 0.500. The van der Waals surface area contributed by atoms with Crippen molar-refractivity contribution < 1.29 is 19.7 Å². The number of phenolic OH excluding ortho intramolecular Hbond substituents is 1. The van der Waals surface area contributed by atoms with Gasteiger partial charge in [-0.2, -0.15) is 0 Å². The largest absolute Gasteiger partial charge is 0.504 e. The van der Waals surface area contributed by atoms with E-state index in [0.29, 0.717) is 24.2 Å². The molecule has 1 spiro atoms. The van der Waals surface area contributed by atoms with E-state index in [1.165, 1.54) is 0 Å². The van der Waals surface area contributed by atoms with Crippen molar-refractivity contribution >= 4 is 5.78 Å². The summed E-state index contributed by atoms with van der Waals surface area (Å²) in [4.78, 5) is 15.7. The molecule has 1 aromatic carbocycles. The Kier molecular flexibility index (Phi) is 2.54. The number of piperidine rings is 1. The third kappa shape index (κ3) is 1.48. The van der Waals surface area contributed by atoms with Crippen LogP contribution in [0.3, 0.4) is 0 Å². The fourth-order valence-corrected chi connectivity index (χ4v) is 6.51. The number of rotatable bonds is 0. The van der Waals surface area contributed by atoms with Gasteiger partial charge in [-0.15, -0.1) is 0 Å². The molecule has 2 aliphatic heterocycles. The number of carbonyl (C=O) groups is 1. The van der Waals surface area contributed by atoms with Gasteiger partial charge in [-0.05, 0) is 43.6 Å². The van der Waals surface area contributed by atoms with Crippen LogP contribution in [0.25, 0.3) is 0 Å². The van der Waals surface area contributed by atoms with Crippen LogP contribution in [0, 0.1) is 5.41 Å². The van der Waals surface area contributed by atoms with Crippen molar-refractivity contribution in [2.75, 3.05) is 13.6 Å². The van der Waals surface area contributed by atoms with Crippen molar-refractivity contribution in [3.8, 4) is 11.5 Å². The minimum Gasteiger partial charge on any atom is -0.504 e. The van der Waals surface area contributed by atoms with Gasteiger partial charge < -0.3 is 14.9 Å². The van der Waals surface area contributed by atoms with E-state index in [0.717, 1.165) is 23.2 Å². The summed E-state index contributed by atoms with van der Waals surface area (Å²) in [6.45, 7) is 4.90. The van der Waals surface area contributed by atoms with Crippen LogP contribution >= 0.6 is 0 Å². The Hall–Kier alpha value is -2.11. The van der Waals surface area contributed by atoms with E-state index in [4.69, 9.17) is 4.74 Å². The number of aliphatic hydroxyl groups is 1. The molecule has 2 N–H and O–H groups in total. The van der Waals surface area contributed by atoms with Gasteiger partial charge in [0.25, 0.3) is 0 Å². The molecule has 1 aromatic rings. The minimum absolute atomic E-state index is 0.0542. The Labute approximate surface area is 157 Å². The van der Waals surface area contributed by atoms with Gasteiger partial charge in [-0.3, -0.25) is 9.69 Å². The lowest BCUT2D eigenvalue weighted by molar-refractivity contribution is -0.157. The molecule has 4 atom stereocenters. The van der Waals surface area contributed by atoms with Crippen molar-refractivity contribution in [2.24, 2.45) is 5.41 Å². The second-order valence-electron chi connectivity index (χ2n) is 9.44. The number of phenols is 1. The summed E-state index contributed by atoms with van der Waals surface area (Å²) in [5.74, 6) is 0.384. The Morgan fingerprint density at radius 2 is 2.04 bits per heavy atom. The third-order valence-corrected chi connectivity index (χ3v) is 7.56. The number of nitrogens with zero attached hydrogens (tertiary/aromatic N) is 1. The summed E-state index contributed by atoms with van der Waals surface area (Å²) >= 11 is 0. The first-order valence-corrected chi connectivity index (χ1v) is 9.66. The number of carbonyl (C=O) groups excluding carboxylic acids is 1. The molecule has 0 amide bonds. The molecule has 5 nitrogen and oxygen atoms in total. The number of Topliss-reactive ketones (excluding diaryl/α,β-unsaturated/α-hetero) is 1. The van der Waals surface area contributed by atoms with E-state index >= 15 is 0 Å². The number of ether oxygens (including phenoxy) is 1. The summed E-state index contributed by atoms with van der Waals surface area (Å²) in [7, 11) is 2.05. The monoisotopic (exact) mass is 365 g/mol.